The Balaban J connectivity index is 1.91. The summed E-state index contributed by atoms with van der Waals surface area (Å²) in [5, 5.41) is 12.1. The Kier molecular flexibility index (Phi) is 4.58. The average molecular weight is 246 g/mol. The fourth-order valence-electron chi connectivity index (χ4n) is 2.55. The predicted molar refractivity (Wildman–Crippen MR) is 70.8 cm³/mol. The molecule has 0 aromatic heterocycles. The van der Waals surface area contributed by atoms with Gasteiger partial charge in [0.15, 0.2) is 0 Å². The van der Waals surface area contributed by atoms with E-state index in [1.807, 2.05) is 6.07 Å². The highest BCUT2D eigenvalue weighted by Crippen LogP contribution is 2.23. The Morgan fingerprint density at radius 1 is 1.22 bits per heavy atom. The Hall–Kier alpha value is -1.56. The van der Waals surface area contributed by atoms with Crippen molar-refractivity contribution in [3.63, 3.8) is 0 Å². The van der Waals surface area contributed by atoms with Gasteiger partial charge in [-0.1, -0.05) is 25.7 Å². The Bertz CT molecular complexity index is 429. The van der Waals surface area contributed by atoms with Gasteiger partial charge in [-0.2, -0.15) is 5.26 Å². The van der Waals surface area contributed by atoms with E-state index in [2.05, 4.69) is 5.32 Å². The Morgan fingerprint density at radius 3 is 2.61 bits per heavy atom. The monoisotopic (exact) mass is 246 g/mol. The molecule has 1 aromatic carbocycles. The van der Waals surface area contributed by atoms with Gasteiger partial charge in [-0.25, -0.2) is 4.39 Å². The van der Waals surface area contributed by atoms with Crippen LogP contribution in [-0.2, 0) is 0 Å². The highest BCUT2D eigenvalue weighted by molar-refractivity contribution is 5.49. The molecular weight excluding hydrogens is 227 g/mol. The summed E-state index contributed by atoms with van der Waals surface area (Å²) in [6.45, 7) is 0.927. The smallest absolute Gasteiger partial charge is 0.141 e. The van der Waals surface area contributed by atoms with Crippen LogP contribution in [0.2, 0.25) is 0 Å². The summed E-state index contributed by atoms with van der Waals surface area (Å²) in [6, 6.07) is 6.51. The van der Waals surface area contributed by atoms with E-state index in [9.17, 15) is 4.39 Å². The molecule has 0 saturated heterocycles. The zero-order valence-electron chi connectivity index (χ0n) is 10.6. The van der Waals surface area contributed by atoms with E-state index in [1.165, 1.54) is 44.6 Å². The first-order valence-corrected chi connectivity index (χ1v) is 6.73. The van der Waals surface area contributed by atoms with Gasteiger partial charge in [0.05, 0.1) is 5.56 Å². The third-order valence-corrected chi connectivity index (χ3v) is 3.66. The van der Waals surface area contributed by atoms with Gasteiger partial charge in [0.25, 0.3) is 0 Å². The second-order valence-corrected chi connectivity index (χ2v) is 5.04. The Labute approximate surface area is 108 Å². The minimum absolute atomic E-state index is 0.112. The van der Waals surface area contributed by atoms with Gasteiger partial charge in [0.1, 0.15) is 11.9 Å². The minimum Gasteiger partial charge on any atom is -0.385 e. The lowest BCUT2D eigenvalue weighted by Crippen LogP contribution is -2.13. The molecule has 0 unspecified atom stereocenters. The molecule has 2 nitrogen and oxygen atoms in total. The summed E-state index contributed by atoms with van der Waals surface area (Å²) in [4.78, 5) is 0. The van der Waals surface area contributed by atoms with Crippen LogP contribution in [0.15, 0.2) is 18.2 Å². The molecule has 1 aliphatic rings. The summed E-state index contributed by atoms with van der Waals surface area (Å²) < 4.78 is 13.2. The van der Waals surface area contributed by atoms with Gasteiger partial charge in [0, 0.05) is 12.2 Å². The maximum Gasteiger partial charge on any atom is 0.141 e. The number of rotatable bonds is 3. The van der Waals surface area contributed by atoms with E-state index in [4.69, 9.17) is 5.26 Å². The van der Waals surface area contributed by atoms with E-state index in [0.29, 0.717) is 5.92 Å². The standard InChI is InChI=1S/C15H19FN2/c16-15-8-7-14(9-13(15)10-17)18-11-12-5-3-1-2-4-6-12/h7-9,12,18H,1-6,11H2. The lowest BCUT2D eigenvalue weighted by atomic mass is 10.0. The predicted octanol–water partition coefficient (Wildman–Crippen LogP) is 4.08. The summed E-state index contributed by atoms with van der Waals surface area (Å²) in [7, 11) is 0. The largest absolute Gasteiger partial charge is 0.385 e. The first-order valence-electron chi connectivity index (χ1n) is 6.73. The molecule has 0 aliphatic heterocycles. The molecule has 18 heavy (non-hydrogen) atoms. The lowest BCUT2D eigenvalue weighted by molar-refractivity contribution is 0.483. The summed E-state index contributed by atoms with van der Waals surface area (Å²) in [6.07, 6.45) is 7.90. The number of nitriles is 1. The molecule has 0 heterocycles. The molecule has 1 saturated carbocycles. The van der Waals surface area contributed by atoms with Crippen LogP contribution < -0.4 is 5.32 Å². The molecule has 1 aliphatic carbocycles. The number of nitrogens with one attached hydrogen (secondary N) is 1. The maximum absolute atomic E-state index is 13.2. The summed E-state index contributed by atoms with van der Waals surface area (Å²) >= 11 is 0. The van der Waals surface area contributed by atoms with Gasteiger partial charge in [-0.15, -0.1) is 0 Å². The first-order chi connectivity index (χ1) is 8.79. The number of anilines is 1. The summed E-state index contributed by atoms with van der Waals surface area (Å²) in [5.74, 6) is 0.264. The third kappa shape index (κ3) is 3.46. The molecule has 1 aromatic rings. The van der Waals surface area contributed by atoms with Crippen LogP contribution >= 0.6 is 0 Å². The van der Waals surface area contributed by atoms with Crippen molar-refractivity contribution in [1.82, 2.24) is 0 Å². The molecule has 0 spiro atoms. The number of benzene rings is 1. The highest BCUT2D eigenvalue weighted by atomic mass is 19.1. The van der Waals surface area contributed by atoms with E-state index in [-0.39, 0.29) is 5.56 Å². The summed E-state index contributed by atoms with van der Waals surface area (Å²) in [5.41, 5.74) is 0.957. The van der Waals surface area contributed by atoms with Crippen molar-refractivity contribution >= 4 is 5.69 Å². The van der Waals surface area contributed by atoms with Gasteiger partial charge in [0.2, 0.25) is 0 Å². The molecule has 2 rings (SSSR count). The second-order valence-electron chi connectivity index (χ2n) is 5.04. The van der Waals surface area contributed by atoms with Gasteiger partial charge >= 0.3 is 0 Å². The molecule has 96 valence electrons. The molecule has 0 radical (unpaired) electrons. The second kappa shape index (κ2) is 6.39. The van der Waals surface area contributed by atoms with Gasteiger partial charge in [-0.05, 0) is 37.0 Å². The molecular formula is C15H19FN2. The average Bonchev–Trinajstić information content (AvgIpc) is 2.66. The topological polar surface area (TPSA) is 35.8 Å². The molecule has 0 amide bonds. The van der Waals surface area contributed by atoms with Gasteiger partial charge < -0.3 is 5.32 Å². The number of hydrogen-bond donors (Lipinski definition) is 1. The van der Waals surface area contributed by atoms with Crippen molar-refractivity contribution in [3.05, 3.63) is 29.6 Å². The molecule has 3 heteroatoms. The van der Waals surface area contributed by atoms with Crippen molar-refractivity contribution in [2.75, 3.05) is 11.9 Å². The zero-order chi connectivity index (χ0) is 12.8. The zero-order valence-corrected chi connectivity index (χ0v) is 10.6. The number of halogens is 1. The minimum atomic E-state index is -0.447. The molecule has 0 bridgehead atoms. The van der Waals surface area contributed by atoms with Gasteiger partial charge in [-0.3, -0.25) is 0 Å². The quantitative estimate of drug-likeness (QED) is 0.816. The fraction of sp³-hybridized carbons (Fsp3) is 0.533. The molecule has 0 atom stereocenters. The lowest BCUT2D eigenvalue weighted by Gasteiger charge is -2.15. The van der Waals surface area contributed by atoms with E-state index in [0.717, 1.165) is 12.2 Å². The van der Waals surface area contributed by atoms with Crippen molar-refractivity contribution in [1.29, 1.82) is 5.26 Å². The molecule has 1 fully saturated rings. The number of nitrogens with zero attached hydrogens (tertiary/aromatic N) is 1. The number of hydrogen-bond acceptors (Lipinski definition) is 2. The highest BCUT2D eigenvalue weighted by Gasteiger charge is 2.12. The van der Waals surface area contributed by atoms with E-state index in [1.54, 1.807) is 12.1 Å². The van der Waals surface area contributed by atoms with Crippen LogP contribution in [0.4, 0.5) is 10.1 Å². The van der Waals surface area contributed by atoms with Crippen molar-refractivity contribution in [2.45, 2.75) is 38.5 Å². The normalized spacial score (nSPS) is 16.9. The maximum atomic E-state index is 13.2. The van der Waals surface area contributed by atoms with E-state index >= 15 is 0 Å². The van der Waals surface area contributed by atoms with Crippen LogP contribution in [0.5, 0.6) is 0 Å². The van der Waals surface area contributed by atoms with Crippen molar-refractivity contribution < 1.29 is 4.39 Å². The van der Waals surface area contributed by atoms with Crippen LogP contribution in [0.3, 0.4) is 0 Å². The third-order valence-electron chi connectivity index (χ3n) is 3.66. The van der Waals surface area contributed by atoms with Crippen molar-refractivity contribution in [3.8, 4) is 6.07 Å². The fourth-order valence-corrected chi connectivity index (χ4v) is 2.55. The first kappa shape index (κ1) is 12.9. The Morgan fingerprint density at radius 2 is 1.94 bits per heavy atom. The van der Waals surface area contributed by atoms with Crippen molar-refractivity contribution in [2.24, 2.45) is 5.92 Å². The van der Waals surface area contributed by atoms with Crippen LogP contribution in [0, 0.1) is 23.1 Å². The van der Waals surface area contributed by atoms with Crippen LogP contribution in [0.1, 0.15) is 44.1 Å². The van der Waals surface area contributed by atoms with Crippen LogP contribution in [-0.4, -0.2) is 6.54 Å². The SMILES string of the molecule is N#Cc1cc(NCC2CCCCCC2)ccc1F. The van der Waals surface area contributed by atoms with E-state index < -0.39 is 5.82 Å². The molecule has 1 N–H and O–H groups in total. The van der Waals surface area contributed by atoms with Crippen LogP contribution in [0.25, 0.3) is 0 Å².